The number of nitrogens with one attached hydrogen (secondary N) is 1. The molecule has 0 unspecified atom stereocenters. The smallest absolute Gasteiger partial charge is 0.233 e. The molecule has 7 nitrogen and oxygen atoms in total. The van der Waals surface area contributed by atoms with Crippen molar-refractivity contribution in [3.8, 4) is 11.5 Å². The summed E-state index contributed by atoms with van der Waals surface area (Å²) in [6.45, 7) is 4.05. The molecule has 8 heteroatoms. The van der Waals surface area contributed by atoms with Crippen LogP contribution in [0.4, 0.5) is 5.82 Å². The molecule has 0 saturated heterocycles. The number of ether oxygens (including phenoxy) is 2. The minimum absolute atomic E-state index is 0.0761. The van der Waals surface area contributed by atoms with E-state index in [0.29, 0.717) is 29.7 Å². The van der Waals surface area contributed by atoms with Crippen molar-refractivity contribution >= 4 is 34.4 Å². The van der Waals surface area contributed by atoms with E-state index >= 15 is 0 Å². The lowest BCUT2D eigenvalue weighted by atomic mass is 9.99. The number of hydrogen-bond acceptors (Lipinski definition) is 7. The fourth-order valence-corrected chi connectivity index (χ4v) is 4.49. The van der Waals surface area contributed by atoms with Gasteiger partial charge in [-0.05, 0) is 48.7 Å². The van der Waals surface area contributed by atoms with E-state index in [4.69, 9.17) is 9.47 Å². The molecule has 3 aromatic rings. The zero-order valence-corrected chi connectivity index (χ0v) is 18.8. The molecular formula is C23H26N4O3S. The van der Waals surface area contributed by atoms with Crippen molar-refractivity contribution in [3.05, 3.63) is 47.5 Å². The third kappa shape index (κ3) is 4.54. The standard InChI is InChI=1S/C23H26N4O3S/c1-4-24-22-17-7-5-6-8-18(17)25-23(26-22)31-14-21(28)27-10-9-15-11-19(29-2)20(30-3)12-16(15)13-27/h5-8,11-12H,4,9-10,13-14H2,1-3H3,(H,24,25,26). The molecular weight excluding hydrogens is 412 g/mol. The van der Waals surface area contributed by atoms with Gasteiger partial charge in [-0.1, -0.05) is 23.9 Å². The summed E-state index contributed by atoms with van der Waals surface area (Å²) in [7, 11) is 3.26. The molecule has 1 N–H and O–H groups in total. The third-order valence-electron chi connectivity index (χ3n) is 5.32. The lowest BCUT2D eigenvalue weighted by molar-refractivity contribution is -0.129. The largest absolute Gasteiger partial charge is 0.493 e. The lowest BCUT2D eigenvalue weighted by Crippen LogP contribution is -2.37. The van der Waals surface area contributed by atoms with Gasteiger partial charge in [0.1, 0.15) is 5.82 Å². The van der Waals surface area contributed by atoms with Crippen LogP contribution < -0.4 is 14.8 Å². The summed E-state index contributed by atoms with van der Waals surface area (Å²) in [6, 6.07) is 11.9. The minimum atomic E-state index is 0.0761. The maximum Gasteiger partial charge on any atom is 0.233 e. The molecule has 1 amide bonds. The summed E-state index contributed by atoms with van der Waals surface area (Å²) < 4.78 is 10.8. The maximum absolute atomic E-state index is 12.9. The van der Waals surface area contributed by atoms with E-state index in [-0.39, 0.29) is 5.91 Å². The van der Waals surface area contributed by atoms with Crippen LogP contribution in [-0.4, -0.2) is 53.8 Å². The SMILES string of the molecule is CCNc1nc(SCC(=O)N2CCc3cc(OC)c(OC)cc3C2)nc2ccccc12. The van der Waals surface area contributed by atoms with Crippen LogP contribution in [0.25, 0.3) is 10.9 Å². The fourth-order valence-electron chi connectivity index (χ4n) is 3.74. The van der Waals surface area contributed by atoms with Crippen LogP contribution in [0.2, 0.25) is 0 Å². The predicted octanol–water partition coefficient (Wildman–Crippen LogP) is 3.76. The number of carbonyl (C=O) groups excluding carboxylic acids is 1. The van der Waals surface area contributed by atoms with Crippen LogP contribution in [-0.2, 0) is 17.8 Å². The molecule has 1 aliphatic rings. The van der Waals surface area contributed by atoms with Crippen molar-refractivity contribution in [1.29, 1.82) is 0 Å². The van der Waals surface area contributed by atoms with Crippen molar-refractivity contribution in [2.75, 3.05) is 38.4 Å². The zero-order chi connectivity index (χ0) is 21.8. The number of methoxy groups -OCH3 is 2. The molecule has 0 fully saturated rings. The Labute approximate surface area is 186 Å². The lowest BCUT2D eigenvalue weighted by Gasteiger charge is -2.29. The van der Waals surface area contributed by atoms with E-state index in [0.717, 1.165) is 41.0 Å². The van der Waals surface area contributed by atoms with E-state index in [2.05, 4.69) is 15.3 Å². The number of aromatic nitrogens is 2. The number of hydrogen-bond donors (Lipinski definition) is 1. The van der Waals surface area contributed by atoms with Gasteiger partial charge in [-0.2, -0.15) is 0 Å². The van der Waals surface area contributed by atoms with E-state index in [1.165, 1.54) is 17.3 Å². The summed E-state index contributed by atoms with van der Waals surface area (Å²) in [4.78, 5) is 24.0. The van der Waals surface area contributed by atoms with Crippen molar-refractivity contribution in [1.82, 2.24) is 14.9 Å². The first kappa shape index (κ1) is 21.2. The van der Waals surface area contributed by atoms with Gasteiger partial charge in [-0.25, -0.2) is 9.97 Å². The molecule has 1 aliphatic heterocycles. The molecule has 4 rings (SSSR count). The second-order valence-corrected chi connectivity index (χ2v) is 8.17. The predicted molar refractivity (Wildman–Crippen MR) is 123 cm³/mol. The molecule has 0 bridgehead atoms. The monoisotopic (exact) mass is 438 g/mol. The van der Waals surface area contributed by atoms with Crippen LogP contribution >= 0.6 is 11.8 Å². The Hall–Kier alpha value is -3.00. The number of anilines is 1. The number of para-hydroxylation sites is 1. The summed E-state index contributed by atoms with van der Waals surface area (Å²) in [6.07, 6.45) is 0.795. The van der Waals surface area contributed by atoms with E-state index in [1.807, 2.05) is 48.2 Å². The number of fused-ring (bicyclic) bond motifs is 2. The van der Waals surface area contributed by atoms with Gasteiger partial charge >= 0.3 is 0 Å². The molecule has 0 aliphatic carbocycles. The van der Waals surface area contributed by atoms with Crippen molar-refractivity contribution in [2.24, 2.45) is 0 Å². The molecule has 1 aromatic heterocycles. The van der Waals surface area contributed by atoms with Gasteiger partial charge in [0.25, 0.3) is 0 Å². The van der Waals surface area contributed by atoms with Gasteiger partial charge in [0, 0.05) is 25.0 Å². The van der Waals surface area contributed by atoms with Crippen molar-refractivity contribution in [2.45, 2.75) is 25.0 Å². The Bertz CT molecular complexity index is 1110. The van der Waals surface area contributed by atoms with E-state index in [9.17, 15) is 4.79 Å². The molecule has 2 heterocycles. The highest BCUT2D eigenvalue weighted by molar-refractivity contribution is 7.99. The van der Waals surface area contributed by atoms with Crippen LogP contribution in [0.5, 0.6) is 11.5 Å². The molecule has 0 saturated carbocycles. The summed E-state index contributed by atoms with van der Waals surface area (Å²) in [5, 5.41) is 4.88. The molecule has 2 aromatic carbocycles. The van der Waals surface area contributed by atoms with Crippen molar-refractivity contribution in [3.63, 3.8) is 0 Å². The van der Waals surface area contributed by atoms with Crippen LogP contribution in [0.1, 0.15) is 18.1 Å². The number of nitrogens with zero attached hydrogens (tertiary/aromatic N) is 3. The van der Waals surface area contributed by atoms with Gasteiger partial charge in [0.2, 0.25) is 5.91 Å². The number of carbonyl (C=O) groups is 1. The van der Waals surface area contributed by atoms with E-state index in [1.54, 1.807) is 14.2 Å². The Morgan fingerprint density at radius 3 is 2.61 bits per heavy atom. The Morgan fingerprint density at radius 1 is 1.13 bits per heavy atom. The highest BCUT2D eigenvalue weighted by Crippen LogP contribution is 2.33. The molecule has 0 spiro atoms. The third-order valence-corrected chi connectivity index (χ3v) is 6.15. The molecule has 31 heavy (non-hydrogen) atoms. The van der Waals surface area contributed by atoms with Gasteiger partial charge in [0.05, 0.1) is 25.5 Å². The summed E-state index contributed by atoms with van der Waals surface area (Å²) in [5.41, 5.74) is 3.16. The number of amides is 1. The number of rotatable bonds is 7. The van der Waals surface area contributed by atoms with E-state index < -0.39 is 0 Å². The summed E-state index contributed by atoms with van der Waals surface area (Å²) in [5.74, 6) is 2.59. The molecule has 0 radical (unpaired) electrons. The van der Waals surface area contributed by atoms with Crippen LogP contribution in [0, 0.1) is 0 Å². The second-order valence-electron chi connectivity index (χ2n) is 7.23. The second kappa shape index (κ2) is 9.43. The Balaban J connectivity index is 1.46. The first-order chi connectivity index (χ1) is 15.1. The highest BCUT2D eigenvalue weighted by Gasteiger charge is 2.23. The fraction of sp³-hybridized carbons (Fsp3) is 0.348. The zero-order valence-electron chi connectivity index (χ0n) is 18.0. The quantitative estimate of drug-likeness (QED) is 0.445. The average Bonchev–Trinajstić information content (AvgIpc) is 2.81. The van der Waals surface area contributed by atoms with Gasteiger partial charge in [-0.15, -0.1) is 0 Å². The maximum atomic E-state index is 12.9. The molecule has 162 valence electrons. The van der Waals surface area contributed by atoms with Gasteiger partial charge in [0.15, 0.2) is 16.7 Å². The number of thioether (sulfide) groups is 1. The molecule has 0 atom stereocenters. The number of benzene rings is 2. The minimum Gasteiger partial charge on any atom is -0.493 e. The Morgan fingerprint density at radius 2 is 1.87 bits per heavy atom. The summed E-state index contributed by atoms with van der Waals surface area (Å²) >= 11 is 1.37. The topological polar surface area (TPSA) is 76.6 Å². The average molecular weight is 439 g/mol. The first-order valence-corrected chi connectivity index (χ1v) is 11.3. The van der Waals surface area contributed by atoms with Crippen LogP contribution in [0.3, 0.4) is 0 Å². The van der Waals surface area contributed by atoms with Crippen molar-refractivity contribution < 1.29 is 14.3 Å². The highest BCUT2D eigenvalue weighted by atomic mass is 32.2. The first-order valence-electron chi connectivity index (χ1n) is 10.3. The van der Waals surface area contributed by atoms with Gasteiger partial charge < -0.3 is 19.7 Å². The Kier molecular flexibility index (Phi) is 6.46. The normalized spacial score (nSPS) is 13.1. The van der Waals surface area contributed by atoms with Gasteiger partial charge in [-0.3, -0.25) is 4.79 Å². The van der Waals surface area contributed by atoms with Crippen LogP contribution in [0.15, 0.2) is 41.6 Å².